The molecule has 1 aliphatic rings. The number of nitrogens with one attached hydrogen (secondary N) is 2. The lowest BCUT2D eigenvalue weighted by Gasteiger charge is -2.11. The van der Waals surface area contributed by atoms with Crippen molar-refractivity contribution in [1.29, 1.82) is 0 Å². The van der Waals surface area contributed by atoms with Crippen molar-refractivity contribution in [1.82, 2.24) is 20.3 Å². The average molecular weight is 394 g/mol. The zero-order valence-corrected chi connectivity index (χ0v) is 16.1. The molecule has 0 unspecified atom stereocenters. The summed E-state index contributed by atoms with van der Waals surface area (Å²) in [7, 11) is 0. The molecule has 6 nitrogen and oxygen atoms in total. The van der Waals surface area contributed by atoms with Crippen LogP contribution in [-0.4, -0.2) is 33.2 Å². The van der Waals surface area contributed by atoms with Gasteiger partial charge in [0.25, 0.3) is 5.91 Å². The molecule has 3 heterocycles. The van der Waals surface area contributed by atoms with Crippen LogP contribution < -0.4 is 5.32 Å². The summed E-state index contributed by atoms with van der Waals surface area (Å²) in [5.74, 6) is 0.309. The van der Waals surface area contributed by atoms with Gasteiger partial charge in [0, 0.05) is 41.5 Å². The monoisotopic (exact) mass is 394 g/mol. The quantitative estimate of drug-likeness (QED) is 0.517. The normalized spacial score (nSPS) is 12.9. The van der Waals surface area contributed by atoms with Crippen LogP contribution in [0, 0.1) is 0 Å². The molecule has 1 amide bonds. The number of nitrogens with zero attached hydrogens (tertiary/aromatic N) is 2. The van der Waals surface area contributed by atoms with Crippen LogP contribution in [0.1, 0.15) is 32.0 Å². The van der Waals surface area contributed by atoms with E-state index in [1.165, 1.54) is 0 Å². The summed E-state index contributed by atoms with van der Waals surface area (Å²) in [4.78, 5) is 37.5. The van der Waals surface area contributed by atoms with E-state index in [-0.39, 0.29) is 11.7 Å². The third-order valence-electron chi connectivity index (χ3n) is 5.18. The van der Waals surface area contributed by atoms with E-state index in [9.17, 15) is 9.59 Å². The maximum atomic E-state index is 13.1. The number of hydrogen-bond donors (Lipinski definition) is 2. The van der Waals surface area contributed by atoms with E-state index in [1.807, 2.05) is 42.5 Å². The van der Waals surface area contributed by atoms with Gasteiger partial charge in [-0.3, -0.25) is 9.59 Å². The molecule has 0 aliphatic carbocycles. The van der Waals surface area contributed by atoms with Crippen molar-refractivity contribution in [2.24, 2.45) is 0 Å². The Bertz CT molecular complexity index is 1260. The molecule has 1 aliphatic heterocycles. The average Bonchev–Trinajstić information content (AvgIpc) is 3.25. The maximum Gasteiger partial charge on any atom is 0.253 e. The summed E-state index contributed by atoms with van der Waals surface area (Å²) in [5, 5.41) is 2.85. The van der Waals surface area contributed by atoms with Crippen LogP contribution in [0.5, 0.6) is 0 Å². The summed E-state index contributed by atoms with van der Waals surface area (Å²) >= 11 is 0. The predicted molar refractivity (Wildman–Crippen MR) is 113 cm³/mol. The van der Waals surface area contributed by atoms with Crippen LogP contribution >= 0.6 is 0 Å². The number of carbonyl (C=O) groups is 2. The fraction of sp³-hybridized carbons (Fsp3) is 0.0833. The first-order valence-corrected chi connectivity index (χ1v) is 9.73. The first kappa shape index (κ1) is 18.0. The fourth-order valence-corrected chi connectivity index (χ4v) is 3.69. The van der Waals surface area contributed by atoms with Gasteiger partial charge in [0.15, 0.2) is 11.6 Å². The lowest BCUT2D eigenvalue weighted by molar-refractivity contribution is 0.0945. The number of aromatic nitrogens is 3. The van der Waals surface area contributed by atoms with Gasteiger partial charge in [-0.2, -0.15) is 0 Å². The topological polar surface area (TPSA) is 87.7 Å². The number of carbonyl (C=O) groups excluding carboxylic acids is 2. The summed E-state index contributed by atoms with van der Waals surface area (Å²) in [6.07, 6.45) is 2.43. The van der Waals surface area contributed by atoms with Crippen molar-refractivity contribution in [3.63, 3.8) is 0 Å². The first-order valence-electron chi connectivity index (χ1n) is 9.73. The Hall–Kier alpha value is -4.06. The number of aromatic amines is 1. The van der Waals surface area contributed by atoms with Crippen LogP contribution in [0.4, 0.5) is 0 Å². The van der Waals surface area contributed by atoms with Gasteiger partial charge in [-0.1, -0.05) is 54.6 Å². The Labute approximate surface area is 173 Å². The van der Waals surface area contributed by atoms with Gasteiger partial charge in [-0.25, -0.2) is 9.97 Å². The molecule has 0 saturated carbocycles. The molecule has 0 spiro atoms. The van der Waals surface area contributed by atoms with Gasteiger partial charge in [0.1, 0.15) is 0 Å². The Morgan fingerprint density at radius 2 is 1.73 bits per heavy atom. The summed E-state index contributed by atoms with van der Waals surface area (Å²) in [6, 6.07) is 20.1. The second-order valence-corrected chi connectivity index (χ2v) is 7.09. The van der Waals surface area contributed by atoms with Crippen LogP contribution in [0.3, 0.4) is 0 Å². The number of ketones is 1. The molecule has 2 aromatic heterocycles. The highest BCUT2D eigenvalue weighted by molar-refractivity contribution is 6.12. The summed E-state index contributed by atoms with van der Waals surface area (Å²) in [5.41, 5.74) is 4.82. The molecule has 0 radical (unpaired) electrons. The number of H-pyrrole nitrogens is 1. The first-order chi connectivity index (χ1) is 14.7. The third-order valence-corrected chi connectivity index (χ3v) is 5.18. The van der Waals surface area contributed by atoms with E-state index in [0.29, 0.717) is 40.3 Å². The van der Waals surface area contributed by atoms with Crippen LogP contribution in [-0.2, 0) is 6.42 Å². The molecular weight excluding hydrogens is 376 g/mol. The number of benzene rings is 2. The highest BCUT2D eigenvalue weighted by atomic mass is 16.1. The van der Waals surface area contributed by atoms with E-state index in [2.05, 4.69) is 15.3 Å². The zero-order chi connectivity index (χ0) is 20.5. The highest BCUT2D eigenvalue weighted by Crippen LogP contribution is 2.27. The maximum absolute atomic E-state index is 13.1. The van der Waals surface area contributed by atoms with Crippen LogP contribution in [0.15, 0.2) is 72.9 Å². The second-order valence-electron chi connectivity index (χ2n) is 7.09. The SMILES string of the molecule is O=C(c1ccccc1)c1ccccc1-c1nccc(-c2cc3c([nH]2)CCNC3=O)n1. The number of rotatable bonds is 4. The molecule has 0 atom stereocenters. The molecule has 4 aromatic rings. The molecule has 2 aromatic carbocycles. The van der Waals surface area contributed by atoms with Gasteiger partial charge in [-0.05, 0) is 12.1 Å². The minimum Gasteiger partial charge on any atom is -0.356 e. The number of amides is 1. The van der Waals surface area contributed by atoms with Gasteiger partial charge in [-0.15, -0.1) is 0 Å². The number of fused-ring (bicyclic) bond motifs is 1. The van der Waals surface area contributed by atoms with E-state index in [4.69, 9.17) is 4.98 Å². The van der Waals surface area contributed by atoms with Gasteiger partial charge in [0.2, 0.25) is 0 Å². The lowest BCUT2D eigenvalue weighted by Crippen LogP contribution is -2.31. The van der Waals surface area contributed by atoms with Crippen molar-refractivity contribution < 1.29 is 9.59 Å². The van der Waals surface area contributed by atoms with Gasteiger partial charge >= 0.3 is 0 Å². The second kappa shape index (κ2) is 7.40. The van der Waals surface area contributed by atoms with Crippen LogP contribution in [0.2, 0.25) is 0 Å². The Morgan fingerprint density at radius 1 is 0.933 bits per heavy atom. The van der Waals surface area contributed by atoms with Crippen molar-refractivity contribution >= 4 is 11.7 Å². The van der Waals surface area contributed by atoms with Crippen molar-refractivity contribution in [2.45, 2.75) is 6.42 Å². The van der Waals surface area contributed by atoms with Crippen LogP contribution in [0.25, 0.3) is 22.8 Å². The molecule has 146 valence electrons. The molecule has 30 heavy (non-hydrogen) atoms. The smallest absolute Gasteiger partial charge is 0.253 e. The fourth-order valence-electron chi connectivity index (χ4n) is 3.69. The van der Waals surface area contributed by atoms with Gasteiger partial charge in [0.05, 0.1) is 17.0 Å². The van der Waals surface area contributed by atoms with E-state index in [1.54, 1.807) is 30.5 Å². The standard InChI is InChI=1S/C24H18N4O2/c29-22(15-6-2-1-3-7-15)16-8-4-5-9-17(16)23-25-12-11-20(28-23)21-14-18-19(27-21)10-13-26-24(18)30/h1-9,11-12,14,27H,10,13H2,(H,26,30). The van der Waals surface area contributed by atoms with E-state index >= 15 is 0 Å². The van der Waals surface area contributed by atoms with E-state index < -0.39 is 0 Å². The summed E-state index contributed by atoms with van der Waals surface area (Å²) in [6.45, 7) is 0.621. The molecule has 0 bridgehead atoms. The molecular formula is C24H18N4O2. The zero-order valence-electron chi connectivity index (χ0n) is 16.1. The van der Waals surface area contributed by atoms with Crippen molar-refractivity contribution in [3.05, 3.63) is 95.3 Å². The van der Waals surface area contributed by atoms with Crippen molar-refractivity contribution in [3.8, 4) is 22.8 Å². The van der Waals surface area contributed by atoms with E-state index in [0.717, 1.165) is 17.8 Å². The minimum absolute atomic E-state index is 0.0767. The molecule has 5 rings (SSSR count). The molecule has 0 saturated heterocycles. The Morgan fingerprint density at radius 3 is 2.57 bits per heavy atom. The largest absolute Gasteiger partial charge is 0.356 e. The highest BCUT2D eigenvalue weighted by Gasteiger charge is 2.21. The number of hydrogen-bond acceptors (Lipinski definition) is 4. The minimum atomic E-state index is -0.0770. The third kappa shape index (κ3) is 3.18. The molecule has 0 fully saturated rings. The molecule has 2 N–H and O–H groups in total. The van der Waals surface area contributed by atoms with Gasteiger partial charge < -0.3 is 10.3 Å². The lowest BCUT2D eigenvalue weighted by atomic mass is 9.98. The summed E-state index contributed by atoms with van der Waals surface area (Å²) < 4.78 is 0. The molecule has 6 heteroatoms. The Balaban J connectivity index is 1.56. The Kier molecular flexibility index (Phi) is 4.44. The predicted octanol–water partition coefficient (Wildman–Crippen LogP) is 3.66. The van der Waals surface area contributed by atoms with Crippen molar-refractivity contribution in [2.75, 3.05) is 6.54 Å².